The van der Waals surface area contributed by atoms with Crippen molar-refractivity contribution in [2.45, 2.75) is 19.8 Å². The van der Waals surface area contributed by atoms with Crippen LogP contribution < -0.4 is 5.32 Å². The number of fused-ring (bicyclic) bond motifs is 1. The molecular weight excluding hydrogens is 290 g/mol. The molecule has 0 heterocycles. The molecule has 1 nitrogen and oxygen atoms in total. The Bertz CT molecular complexity index is 804. The fourth-order valence-electron chi connectivity index (χ4n) is 2.89. The van der Waals surface area contributed by atoms with Crippen LogP contribution in [0.25, 0.3) is 17.2 Å². The van der Waals surface area contributed by atoms with Crippen molar-refractivity contribution in [3.63, 3.8) is 0 Å². The van der Waals surface area contributed by atoms with Crippen molar-refractivity contribution < 1.29 is 0 Å². The minimum Gasteiger partial charge on any atom is -0.356 e. The topological polar surface area (TPSA) is 12.0 Å². The molecule has 0 radical (unpaired) electrons. The molecule has 1 N–H and O–H groups in total. The molecule has 0 fully saturated rings. The standard InChI is InChI=1S/C23H23N/c1-3-5-10-22(4-2)24-23-15-13-19(14-16-23)21-12-11-18-8-6-7-9-20(18)17-21/h3-6,8,10-17,24H,2,7,9H2,1H3/b5-3-,22-10+. The van der Waals surface area contributed by atoms with Crippen LogP contribution in [0.2, 0.25) is 0 Å². The van der Waals surface area contributed by atoms with Gasteiger partial charge in [-0.15, -0.1) is 0 Å². The van der Waals surface area contributed by atoms with Crippen molar-refractivity contribution in [2.24, 2.45) is 0 Å². The van der Waals surface area contributed by atoms with Crippen LogP contribution in [-0.2, 0) is 6.42 Å². The number of benzene rings is 2. The molecule has 0 aromatic heterocycles. The zero-order valence-corrected chi connectivity index (χ0v) is 14.1. The van der Waals surface area contributed by atoms with Crippen molar-refractivity contribution in [1.82, 2.24) is 0 Å². The van der Waals surface area contributed by atoms with E-state index in [0.717, 1.165) is 24.2 Å². The first-order valence-corrected chi connectivity index (χ1v) is 8.42. The molecule has 0 saturated carbocycles. The molecule has 2 aromatic rings. The Morgan fingerprint density at radius 2 is 1.88 bits per heavy atom. The van der Waals surface area contributed by atoms with Crippen molar-refractivity contribution >= 4 is 11.8 Å². The Kier molecular flexibility index (Phi) is 5.12. The molecule has 0 spiro atoms. The minimum atomic E-state index is 0.987. The largest absolute Gasteiger partial charge is 0.356 e. The van der Waals surface area contributed by atoms with E-state index >= 15 is 0 Å². The summed E-state index contributed by atoms with van der Waals surface area (Å²) in [6.45, 7) is 5.85. The first kappa shape index (κ1) is 16.1. The zero-order valence-electron chi connectivity index (χ0n) is 14.1. The second-order valence-electron chi connectivity index (χ2n) is 5.91. The predicted octanol–water partition coefficient (Wildman–Crippen LogP) is 6.37. The predicted molar refractivity (Wildman–Crippen MR) is 106 cm³/mol. The lowest BCUT2D eigenvalue weighted by Crippen LogP contribution is -1.96. The van der Waals surface area contributed by atoms with E-state index in [1.807, 2.05) is 31.2 Å². The number of anilines is 1. The molecule has 0 unspecified atom stereocenters. The lowest BCUT2D eigenvalue weighted by Gasteiger charge is -2.13. The summed E-state index contributed by atoms with van der Waals surface area (Å²) >= 11 is 0. The molecule has 0 amide bonds. The summed E-state index contributed by atoms with van der Waals surface area (Å²) in [4.78, 5) is 0. The molecule has 120 valence electrons. The number of allylic oxidation sites excluding steroid dienone is 5. The highest BCUT2D eigenvalue weighted by atomic mass is 14.9. The van der Waals surface area contributed by atoms with E-state index < -0.39 is 0 Å². The molecule has 0 bridgehead atoms. The fraction of sp³-hybridized carbons (Fsp3) is 0.130. The maximum Gasteiger partial charge on any atom is 0.0384 e. The molecule has 1 aliphatic carbocycles. The highest BCUT2D eigenvalue weighted by molar-refractivity contribution is 5.70. The van der Waals surface area contributed by atoms with Crippen LogP contribution in [0.4, 0.5) is 5.69 Å². The maximum absolute atomic E-state index is 3.85. The smallest absolute Gasteiger partial charge is 0.0384 e. The lowest BCUT2D eigenvalue weighted by atomic mass is 9.93. The van der Waals surface area contributed by atoms with Crippen LogP contribution in [0.1, 0.15) is 24.5 Å². The van der Waals surface area contributed by atoms with Crippen LogP contribution >= 0.6 is 0 Å². The summed E-state index contributed by atoms with van der Waals surface area (Å²) in [5.41, 5.74) is 7.38. The van der Waals surface area contributed by atoms with E-state index in [4.69, 9.17) is 0 Å². The third-order valence-corrected chi connectivity index (χ3v) is 4.22. The summed E-state index contributed by atoms with van der Waals surface area (Å²) < 4.78 is 0. The van der Waals surface area contributed by atoms with Gasteiger partial charge in [0.15, 0.2) is 0 Å². The SMILES string of the molecule is C=C/C(=C\C=C/C)Nc1ccc(-c2ccc3c(c2)CCC=C3)cc1. The second kappa shape index (κ2) is 7.65. The summed E-state index contributed by atoms with van der Waals surface area (Å²) in [7, 11) is 0. The number of hydrogen-bond acceptors (Lipinski definition) is 1. The summed E-state index contributed by atoms with van der Waals surface area (Å²) in [5, 5.41) is 3.37. The van der Waals surface area contributed by atoms with Gasteiger partial charge >= 0.3 is 0 Å². The first-order valence-electron chi connectivity index (χ1n) is 8.42. The van der Waals surface area contributed by atoms with Crippen molar-refractivity contribution in [3.05, 3.63) is 96.2 Å². The van der Waals surface area contributed by atoms with Crippen molar-refractivity contribution in [2.75, 3.05) is 5.32 Å². The minimum absolute atomic E-state index is 0.987. The molecule has 0 aliphatic heterocycles. The Balaban J connectivity index is 1.79. The Morgan fingerprint density at radius 1 is 1.08 bits per heavy atom. The van der Waals surface area contributed by atoms with Crippen LogP contribution in [0.3, 0.4) is 0 Å². The van der Waals surface area contributed by atoms with Gasteiger partial charge in [-0.1, -0.05) is 61.2 Å². The molecular formula is C23H23N. The average molecular weight is 313 g/mol. The highest BCUT2D eigenvalue weighted by Crippen LogP contribution is 2.27. The van der Waals surface area contributed by atoms with E-state index in [0.29, 0.717) is 0 Å². The van der Waals surface area contributed by atoms with Gasteiger partial charge in [0.25, 0.3) is 0 Å². The zero-order chi connectivity index (χ0) is 16.8. The number of aryl methyl sites for hydroxylation is 1. The molecule has 24 heavy (non-hydrogen) atoms. The van der Waals surface area contributed by atoms with Gasteiger partial charge in [0.05, 0.1) is 0 Å². The summed E-state index contributed by atoms with van der Waals surface area (Å²) in [5.74, 6) is 0. The molecule has 1 aliphatic rings. The Labute approximate surface area is 144 Å². The van der Waals surface area contributed by atoms with Crippen molar-refractivity contribution in [1.29, 1.82) is 0 Å². The monoisotopic (exact) mass is 313 g/mol. The van der Waals surface area contributed by atoms with Crippen LogP contribution in [0, 0.1) is 0 Å². The summed E-state index contributed by atoms with van der Waals surface area (Å²) in [6, 6.07) is 15.3. The van der Waals surface area contributed by atoms with Crippen LogP contribution in [0.15, 0.2) is 85.1 Å². The quantitative estimate of drug-likeness (QED) is 0.632. The lowest BCUT2D eigenvalue weighted by molar-refractivity contribution is 0.986. The van der Waals surface area contributed by atoms with Gasteiger partial charge in [0.1, 0.15) is 0 Å². The molecule has 3 rings (SSSR count). The van der Waals surface area contributed by atoms with Crippen molar-refractivity contribution in [3.8, 4) is 11.1 Å². The number of rotatable bonds is 5. The van der Waals surface area contributed by atoms with E-state index in [9.17, 15) is 0 Å². The van der Waals surface area contributed by atoms with Gasteiger partial charge < -0.3 is 5.32 Å². The highest BCUT2D eigenvalue weighted by Gasteiger charge is 2.06. The van der Waals surface area contributed by atoms with E-state index in [1.165, 1.54) is 22.3 Å². The van der Waals surface area contributed by atoms with Gasteiger partial charge in [-0.25, -0.2) is 0 Å². The van der Waals surface area contributed by atoms with Crippen LogP contribution in [-0.4, -0.2) is 0 Å². The normalized spacial score (nSPS) is 13.8. The van der Waals surface area contributed by atoms with Gasteiger partial charge in [-0.2, -0.15) is 0 Å². The fourth-order valence-corrected chi connectivity index (χ4v) is 2.89. The average Bonchev–Trinajstić information content (AvgIpc) is 2.65. The van der Waals surface area contributed by atoms with Gasteiger partial charge in [0, 0.05) is 11.4 Å². The Hall–Kier alpha value is -2.80. The Morgan fingerprint density at radius 3 is 2.62 bits per heavy atom. The van der Waals surface area contributed by atoms with E-state index in [-0.39, 0.29) is 0 Å². The third-order valence-electron chi connectivity index (χ3n) is 4.22. The molecule has 0 atom stereocenters. The van der Waals surface area contributed by atoms with Crippen LogP contribution in [0.5, 0.6) is 0 Å². The first-order chi connectivity index (χ1) is 11.8. The molecule has 2 aromatic carbocycles. The van der Waals surface area contributed by atoms with Gasteiger partial charge in [-0.3, -0.25) is 0 Å². The van der Waals surface area contributed by atoms with E-state index in [2.05, 4.69) is 66.5 Å². The molecule has 1 heteroatoms. The third kappa shape index (κ3) is 3.75. The van der Waals surface area contributed by atoms with E-state index in [1.54, 1.807) is 0 Å². The van der Waals surface area contributed by atoms with Gasteiger partial charge in [-0.05, 0) is 66.3 Å². The maximum atomic E-state index is 3.85. The number of hydrogen-bond donors (Lipinski definition) is 1. The molecule has 0 saturated heterocycles. The summed E-state index contributed by atoms with van der Waals surface area (Å²) in [6.07, 6.45) is 14.6. The second-order valence-corrected chi connectivity index (χ2v) is 5.91. The van der Waals surface area contributed by atoms with Gasteiger partial charge in [0.2, 0.25) is 0 Å². The number of nitrogens with one attached hydrogen (secondary N) is 1.